The van der Waals surface area contributed by atoms with Gasteiger partial charge in [0.15, 0.2) is 0 Å². The molecule has 0 unspecified atom stereocenters. The molecule has 0 aliphatic carbocycles. The molecule has 0 radical (unpaired) electrons. The molecule has 1 rings (SSSR count). The number of allylic oxidation sites excluding steroid dienone is 2. The first-order valence-corrected chi connectivity index (χ1v) is 8.96. The van der Waals surface area contributed by atoms with Crippen LogP contribution in [0.15, 0.2) is 18.2 Å². The average Bonchev–Trinajstić information content (AvgIpc) is 2.45. The van der Waals surface area contributed by atoms with Crippen LogP contribution >= 0.6 is 0 Å². The predicted octanol–water partition coefficient (Wildman–Crippen LogP) is 6.06. The lowest BCUT2D eigenvalue weighted by Gasteiger charge is -2.29. The van der Waals surface area contributed by atoms with Crippen molar-refractivity contribution in [2.24, 2.45) is 0 Å². The van der Waals surface area contributed by atoms with Gasteiger partial charge in [0.2, 0.25) is 0 Å². The molecule has 2 heteroatoms. The van der Waals surface area contributed by atoms with Gasteiger partial charge in [0.05, 0.1) is 6.61 Å². The number of hydrogen-bond donors (Lipinski definition) is 0. The molecule has 1 aromatic carbocycles. The second-order valence-corrected chi connectivity index (χ2v) is 8.59. The van der Waals surface area contributed by atoms with Gasteiger partial charge in [0, 0.05) is 11.1 Å². The summed E-state index contributed by atoms with van der Waals surface area (Å²) in [4.78, 5) is 11.0. The molecule has 0 aromatic heterocycles. The molecule has 0 saturated carbocycles. The molecule has 0 heterocycles. The van der Waals surface area contributed by atoms with E-state index < -0.39 is 0 Å². The minimum Gasteiger partial charge on any atom is -0.493 e. The van der Waals surface area contributed by atoms with Gasteiger partial charge in [-0.25, -0.2) is 0 Å². The van der Waals surface area contributed by atoms with Gasteiger partial charge in [0.1, 0.15) is 12.0 Å². The van der Waals surface area contributed by atoms with Gasteiger partial charge in [-0.1, -0.05) is 61.0 Å². The van der Waals surface area contributed by atoms with Gasteiger partial charge >= 0.3 is 0 Å². The van der Waals surface area contributed by atoms with E-state index in [1.807, 2.05) is 6.92 Å². The van der Waals surface area contributed by atoms with Crippen LogP contribution in [0, 0.1) is 0 Å². The SMILES string of the molecule is CCCCOc1c(C(C)=CC=O)cc(C(C)(C)C)cc1C(C)(C)C. The van der Waals surface area contributed by atoms with Crippen molar-refractivity contribution < 1.29 is 9.53 Å². The molecule has 0 N–H and O–H groups in total. The van der Waals surface area contributed by atoms with Crippen molar-refractivity contribution in [3.05, 3.63) is 34.9 Å². The normalized spacial score (nSPS) is 13.1. The summed E-state index contributed by atoms with van der Waals surface area (Å²) in [6, 6.07) is 4.46. The van der Waals surface area contributed by atoms with Crippen molar-refractivity contribution >= 4 is 11.9 Å². The van der Waals surface area contributed by atoms with Gasteiger partial charge < -0.3 is 4.74 Å². The zero-order valence-corrected chi connectivity index (χ0v) is 16.7. The number of unbranched alkanes of at least 4 members (excludes halogenated alkanes) is 1. The summed E-state index contributed by atoms with van der Waals surface area (Å²) in [6.45, 7) is 18.1. The average molecular weight is 331 g/mol. The Balaban J connectivity index is 3.65. The first-order valence-electron chi connectivity index (χ1n) is 8.96. The quantitative estimate of drug-likeness (QED) is 0.360. The van der Waals surface area contributed by atoms with Crippen LogP contribution in [0.5, 0.6) is 5.75 Å². The summed E-state index contributed by atoms with van der Waals surface area (Å²) < 4.78 is 6.21. The number of carbonyl (C=O) groups is 1. The standard InChI is InChI=1S/C22H34O2/c1-9-10-13-24-20-18(16(2)11-12-23)14-17(21(3,4)5)15-19(20)22(6,7)8/h11-12,14-15H,9-10,13H2,1-8H3. The number of hydrogen-bond acceptors (Lipinski definition) is 2. The first kappa shape index (κ1) is 20.5. The van der Waals surface area contributed by atoms with Crippen LogP contribution in [-0.2, 0) is 15.6 Å². The van der Waals surface area contributed by atoms with Gasteiger partial charge in [-0.05, 0) is 47.5 Å². The third-order valence-electron chi connectivity index (χ3n) is 4.25. The van der Waals surface area contributed by atoms with Crippen LogP contribution in [-0.4, -0.2) is 12.9 Å². The molecule has 0 aliphatic rings. The summed E-state index contributed by atoms with van der Waals surface area (Å²) in [6.07, 6.45) is 4.61. The second-order valence-electron chi connectivity index (χ2n) is 8.59. The molecule has 134 valence electrons. The van der Waals surface area contributed by atoms with Crippen LogP contribution in [0.2, 0.25) is 0 Å². The van der Waals surface area contributed by atoms with Crippen molar-refractivity contribution in [1.29, 1.82) is 0 Å². The fourth-order valence-electron chi connectivity index (χ4n) is 2.58. The van der Waals surface area contributed by atoms with E-state index in [0.29, 0.717) is 6.61 Å². The van der Waals surface area contributed by atoms with Crippen molar-refractivity contribution in [1.82, 2.24) is 0 Å². The fourth-order valence-corrected chi connectivity index (χ4v) is 2.58. The van der Waals surface area contributed by atoms with Gasteiger partial charge in [0.25, 0.3) is 0 Å². The zero-order chi connectivity index (χ0) is 18.5. The molecule has 0 spiro atoms. The molecule has 0 saturated heterocycles. The van der Waals surface area contributed by atoms with E-state index >= 15 is 0 Å². The summed E-state index contributed by atoms with van der Waals surface area (Å²) in [5, 5.41) is 0. The van der Waals surface area contributed by atoms with Crippen molar-refractivity contribution in [2.45, 2.75) is 79.1 Å². The van der Waals surface area contributed by atoms with Gasteiger partial charge in [-0.3, -0.25) is 4.79 Å². The smallest absolute Gasteiger partial charge is 0.143 e. The molecule has 2 nitrogen and oxygen atoms in total. The van der Waals surface area contributed by atoms with Gasteiger partial charge in [-0.15, -0.1) is 0 Å². The van der Waals surface area contributed by atoms with Crippen molar-refractivity contribution in [2.75, 3.05) is 6.61 Å². The Kier molecular flexibility index (Phi) is 6.83. The lowest BCUT2D eigenvalue weighted by molar-refractivity contribution is -0.104. The van der Waals surface area contributed by atoms with E-state index in [4.69, 9.17) is 4.74 Å². The molecular weight excluding hydrogens is 296 g/mol. The van der Waals surface area contributed by atoms with Crippen LogP contribution in [0.25, 0.3) is 5.57 Å². The topological polar surface area (TPSA) is 26.3 Å². The Labute approximate surface area is 148 Å². The Bertz CT molecular complexity index is 596. The van der Waals surface area contributed by atoms with Crippen LogP contribution in [0.3, 0.4) is 0 Å². The van der Waals surface area contributed by atoms with Crippen molar-refractivity contribution in [3.63, 3.8) is 0 Å². The number of benzene rings is 1. The monoisotopic (exact) mass is 330 g/mol. The molecule has 0 atom stereocenters. The molecule has 1 aromatic rings. The maximum Gasteiger partial charge on any atom is 0.143 e. The highest BCUT2D eigenvalue weighted by Crippen LogP contribution is 2.41. The Morgan fingerprint density at radius 3 is 2.17 bits per heavy atom. The number of rotatable bonds is 6. The summed E-state index contributed by atoms with van der Waals surface area (Å²) in [5.41, 5.74) is 4.48. The van der Waals surface area contributed by atoms with Crippen molar-refractivity contribution in [3.8, 4) is 5.75 Å². The van der Waals surface area contributed by atoms with E-state index in [1.54, 1.807) is 6.08 Å². The second kappa shape index (κ2) is 8.00. The summed E-state index contributed by atoms with van der Waals surface area (Å²) in [5.74, 6) is 0.930. The molecular formula is C22H34O2. The lowest BCUT2D eigenvalue weighted by atomic mass is 9.78. The van der Waals surface area contributed by atoms with Crippen LogP contribution in [0.4, 0.5) is 0 Å². The number of aldehydes is 1. The third-order valence-corrected chi connectivity index (χ3v) is 4.25. The Morgan fingerprint density at radius 1 is 1.08 bits per heavy atom. The molecule has 24 heavy (non-hydrogen) atoms. The summed E-state index contributed by atoms with van der Waals surface area (Å²) in [7, 11) is 0. The highest BCUT2D eigenvalue weighted by molar-refractivity contribution is 5.83. The van der Waals surface area contributed by atoms with Crippen LogP contribution < -0.4 is 4.74 Å². The zero-order valence-electron chi connectivity index (χ0n) is 16.7. The Hall–Kier alpha value is -1.57. The highest BCUT2D eigenvalue weighted by Gasteiger charge is 2.26. The largest absolute Gasteiger partial charge is 0.493 e. The fraction of sp³-hybridized carbons (Fsp3) is 0.591. The van der Waals surface area contributed by atoms with Crippen LogP contribution in [0.1, 0.15) is 84.9 Å². The van der Waals surface area contributed by atoms with E-state index in [9.17, 15) is 4.79 Å². The molecule has 0 fully saturated rings. The van der Waals surface area contributed by atoms with Gasteiger partial charge in [-0.2, -0.15) is 0 Å². The minimum atomic E-state index is -0.0288. The van der Waals surface area contributed by atoms with E-state index in [2.05, 4.69) is 60.6 Å². The molecule has 0 aliphatic heterocycles. The maximum atomic E-state index is 11.0. The highest BCUT2D eigenvalue weighted by atomic mass is 16.5. The van der Waals surface area contributed by atoms with E-state index in [-0.39, 0.29) is 10.8 Å². The summed E-state index contributed by atoms with van der Waals surface area (Å²) >= 11 is 0. The number of carbonyl (C=O) groups excluding carboxylic acids is 1. The first-order chi connectivity index (χ1) is 11.0. The molecule has 0 bridgehead atoms. The lowest BCUT2D eigenvalue weighted by Crippen LogP contribution is -2.19. The maximum absolute atomic E-state index is 11.0. The minimum absolute atomic E-state index is 0.0288. The predicted molar refractivity (Wildman–Crippen MR) is 104 cm³/mol. The Morgan fingerprint density at radius 2 is 1.71 bits per heavy atom. The number of ether oxygens (including phenoxy) is 1. The van der Waals surface area contributed by atoms with E-state index in [1.165, 1.54) is 11.1 Å². The third kappa shape index (κ3) is 5.22. The van der Waals surface area contributed by atoms with E-state index in [0.717, 1.165) is 36.0 Å². The molecule has 0 amide bonds.